The van der Waals surface area contributed by atoms with Crippen molar-refractivity contribution in [2.75, 3.05) is 6.54 Å². The van der Waals surface area contributed by atoms with Crippen LogP contribution in [0.4, 0.5) is 0 Å². The Hall–Kier alpha value is -2.04. The summed E-state index contributed by atoms with van der Waals surface area (Å²) in [4.78, 5) is 12.5. The molecule has 0 saturated carbocycles. The fraction of sp³-hybridized carbons (Fsp3) is 0.529. The number of rotatable bonds is 4. The summed E-state index contributed by atoms with van der Waals surface area (Å²) in [5.74, 6) is 0.744. The van der Waals surface area contributed by atoms with Gasteiger partial charge in [0.1, 0.15) is 11.4 Å². The smallest absolute Gasteiger partial charge is 0.256 e. The largest absolute Gasteiger partial charge is 0.352 e. The summed E-state index contributed by atoms with van der Waals surface area (Å²) < 4.78 is 3.81. The van der Waals surface area contributed by atoms with Crippen LogP contribution >= 0.6 is 0 Å². The Bertz CT molecular complexity index is 654. The molecule has 2 rings (SSSR count). The minimum Gasteiger partial charge on any atom is -0.352 e. The first-order valence-electron chi connectivity index (χ1n) is 7.66. The lowest BCUT2D eigenvalue weighted by Crippen LogP contribution is -2.28. The molecule has 0 atom stereocenters. The maximum Gasteiger partial charge on any atom is 0.256 e. The van der Waals surface area contributed by atoms with Gasteiger partial charge in [0.15, 0.2) is 0 Å². The van der Waals surface area contributed by atoms with Crippen LogP contribution < -0.4 is 5.32 Å². The minimum absolute atomic E-state index is 0.0696. The van der Waals surface area contributed by atoms with Crippen LogP contribution in [0, 0.1) is 19.3 Å². The van der Waals surface area contributed by atoms with E-state index in [0.29, 0.717) is 12.1 Å². The zero-order chi connectivity index (χ0) is 16.5. The first kappa shape index (κ1) is 16.3. The van der Waals surface area contributed by atoms with E-state index >= 15 is 0 Å². The minimum atomic E-state index is -0.0696. The van der Waals surface area contributed by atoms with Crippen molar-refractivity contribution in [2.45, 2.75) is 41.0 Å². The molecule has 0 aliphatic heterocycles. The molecule has 0 aromatic carbocycles. The highest BCUT2D eigenvalue weighted by Crippen LogP contribution is 2.20. The average Bonchev–Trinajstić information content (AvgIpc) is 2.91. The first-order valence-corrected chi connectivity index (χ1v) is 7.66. The summed E-state index contributed by atoms with van der Waals surface area (Å²) in [7, 11) is 1.86. The number of hydrogen-bond acceptors (Lipinski definition) is 2. The highest BCUT2D eigenvalue weighted by molar-refractivity contribution is 5.97. The summed E-state index contributed by atoms with van der Waals surface area (Å²) in [6.45, 7) is 11.2. The summed E-state index contributed by atoms with van der Waals surface area (Å²) >= 11 is 0. The van der Waals surface area contributed by atoms with Crippen molar-refractivity contribution < 1.29 is 4.79 Å². The predicted molar refractivity (Wildman–Crippen MR) is 88.4 cm³/mol. The Morgan fingerprint density at radius 1 is 1.23 bits per heavy atom. The molecule has 1 N–H and O–H groups in total. The Morgan fingerprint density at radius 2 is 1.82 bits per heavy atom. The van der Waals surface area contributed by atoms with E-state index in [4.69, 9.17) is 0 Å². The van der Waals surface area contributed by atoms with Crippen LogP contribution in [0.2, 0.25) is 0 Å². The predicted octanol–water partition coefficient (Wildman–Crippen LogP) is 2.99. The third-order valence-electron chi connectivity index (χ3n) is 3.80. The second kappa shape index (κ2) is 5.99. The first-order chi connectivity index (χ1) is 10.2. The van der Waals surface area contributed by atoms with Crippen molar-refractivity contribution in [3.8, 4) is 5.82 Å². The van der Waals surface area contributed by atoms with Gasteiger partial charge in [-0.3, -0.25) is 9.48 Å². The van der Waals surface area contributed by atoms with Crippen molar-refractivity contribution >= 4 is 5.91 Å². The van der Waals surface area contributed by atoms with E-state index in [0.717, 1.165) is 23.6 Å². The van der Waals surface area contributed by atoms with Gasteiger partial charge in [-0.1, -0.05) is 20.8 Å². The number of nitrogens with zero attached hydrogens (tertiary/aromatic N) is 3. The van der Waals surface area contributed by atoms with Crippen LogP contribution in [0.1, 0.15) is 48.9 Å². The van der Waals surface area contributed by atoms with E-state index in [1.165, 1.54) is 0 Å². The highest BCUT2D eigenvalue weighted by atomic mass is 16.1. The van der Waals surface area contributed by atoms with Gasteiger partial charge in [-0.05, 0) is 37.8 Å². The molecule has 0 aliphatic rings. The summed E-state index contributed by atoms with van der Waals surface area (Å²) in [5.41, 5.74) is 2.99. The number of aromatic nitrogens is 3. The van der Waals surface area contributed by atoms with Gasteiger partial charge in [0.05, 0.1) is 6.20 Å². The molecule has 22 heavy (non-hydrogen) atoms. The number of carbonyl (C=O) groups excluding carboxylic acids is 1. The number of nitrogens with one attached hydrogen (secondary N) is 1. The summed E-state index contributed by atoms with van der Waals surface area (Å²) in [5, 5.41) is 7.27. The second-order valence-electron chi connectivity index (χ2n) is 7.02. The van der Waals surface area contributed by atoms with Gasteiger partial charge in [-0.15, -0.1) is 0 Å². The zero-order valence-corrected chi connectivity index (χ0v) is 14.4. The Labute approximate surface area is 132 Å². The van der Waals surface area contributed by atoms with E-state index in [1.807, 2.05) is 33.0 Å². The van der Waals surface area contributed by atoms with Gasteiger partial charge in [-0.2, -0.15) is 5.10 Å². The molecule has 0 bridgehead atoms. The standard InChI is InChI=1S/C17H26N4O/c1-12-7-8-13(2)21(12)16-14(11-19-20(16)6)15(22)18-10-9-17(3,4)5/h7-8,11H,9-10H2,1-6H3,(H,18,22). The Morgan fingerprint density at radius 3 is 2.36 bits per heavy atom. The highest BCUT2D eigenvalue weighted by Gasteiger charge is 2.20. The topological polar surface area (TPSA) is 51.9 Å². The Kier molecular flexibility index (Phi) is 4.44. The lowest BCUT2D eigenvalue weighted by Gasteiger charge is -2.18. The van der Waals surface area contributed by atoms with E-state index in [-0.39, 0.29) is 11.3 Å². The third kappa shape index (κ3) is 3.40. The van der Waals surface area contributed by atoms with Crippen LogP contribution in [0.3, 0.4) is 0 Å². The fourth-order valence-electron chi connectivity index (χ4n) is 2.51. The number of hydrogen-bond donors (Lipinski definition) is 1. The van der Waals surface area contributed by atoms with Crippen molar-refractivity contribution in [3.05, 3.63) is 35.3 Å². The molecule has 1 amide bonds. The van der Waals surface area contributed by atoms with Gasteiger partial charge in [0.25, 0.3) is 5.91 Å². The van der Waals surface area contributed by atoms with Gasteiger partial charge < -0.3 is 9.88 Å². The average molecular weight is 302 g/mol. The normalized spacial score (nSPS) is 11.7. The molecule has 2 heterocycles. The molecule has 2 aromatic heterocycles. The van der Waals surface area contributed by atoms with E-state index in [1.54, 1.807) is 10.9 Å². The van der Waals surface area contributed by atoms with Crippen molar-refractivity contribution in [1.29, 1.82) is 0 Å². The van der Waals surface area contributed by atoms with Crippen LogP contribution in [0.15, 0.2) is 18.3 Å². The maximum absolute atomic E-state index is 12.5. The van der Waals surface area contributed by atoms with Crippen molar-refractivity contribution in [3.63, 3.8) is 0 Å². The number of aryl methyl sites for hydroxylation is 3. The lowest BCUT2D eigenvalue weighted by molar-refractivity contribution is 0.0949. The van der Waals surface area contributed by atoms with E-state index in [2.05, 4.69) is 35.8 Å². The molecule has 5 nitrogen and oxygen atoms in total. The van der Waals surface area contributed by atoms with Gasteiger partial charge in [-0.25, -0.2) is 0 Å². The van der Waals surface area contributed by atoms with Crippen molar-refractivity contribution in [1.82, 2.24) is 19.7 Å². The SMILES string of the molecule is Cc1ccc(C)n1-c1c(C(=O)NCCC(C)(C)C)cnn1C. The number of carbonyl (C=O) groups is 1. The van der Waals surface area contributed by atoms with Gasteiger partial charge in [0.2, 0.25) is 0 Å². The van der Waals surface area contributed by atoms with E-state index in [9.17, 15) is 4.79 Å². The van der Waals surface area contributed by atoms with Crippen LogP contribution in [0.25, 0.3) is 5.82 Å². The molecule has 0 spiro atoms. The molecule has 0 aliphatic carbocycles. The second-order valence-corrected chi connectivity index (χ2v) is 7.02. The van der Waals surface area contributed by atoms with Gasteiger partial charge in [0, 0.05) is 25.0 Å². The molecule has 0 saturated heterocycles. The fourth-order valence-corrected chi connectivity index (χ4v) is 2.51. The third-order valence-corrected chi connectivity index (χ3v) is 3.80. The van der Waals surface area contributed by atoms with Crippen LogP contribution in [-0.4, -0.2) is 26.8 Å². The molecule has 2 aromatic rings. The quantitative estimate of drug-likeness (QED) is 0.944. The molecule has 0 unspecified atom stereocenters. The van der Waals surface area contributed by atoms with E-state index < -0.39 is 0 Å². The summed E-state index contributed by atoms with van der Waals surface area (Å²) in [6, 6.07) is 4.09. The van der Waals surface area contributed by atoms with Gasteiger partial charge >= 0.3 is 0 Å². The van der Waals surface area contributed by atoms with Crippen LogP contribution in [0.5, 0.6) is 0 Å². The lowest BCUT2D eigenvalue weighted by atomic mass is 9.92. The molecular weight excluding hydrogens is 276 g/mol. The monoisotopic (exact) mass is 302 g/mol. The summed E-state index contributed by atoms with van der Waals surface area (Å²) in [6.07, 6.45) is 2.58. The molecule has 5 heteroatoms. The molecular formula is C17H26N4O. The van der Waals surface area contributed by atoms with Crippen LogP contribution in [-0.2, 0) is 7.05 Å². The molecule has 120 valence electrons. The number of amides is 1. The Balaban J connectivity index is 2.25. The zero-order valence-electron chi connectivity index (χ0n) is 14.4. The molecule has 0 fully saturated rings. The maximum atomic E-state index is 12.5. The van der Waals surface area contributed by atoms with Crippen molar-refractivity contribution in [2.24, 2.45) is 12.5 Å². The molecule has 0 radical (unpaired) electrons.